The molecule has 3 rings (SSSR count). The number of unbranched alkanes of at least 4 members (excludes halogenated alkanes) is 12. The molecule has 0 spiro atoms. The van der Waals surface area contributed by atoms with Crippen LogP contribution in [-0.4, -0.2) is 12.6 Å². The quantitative estimate of drug-likeness (QED) is 0.0726. The lowest BCUT2D eigenvalue weighted by Crippen LogP contribution is -2.09. The molecule has 3 aromatic carbocycles. The second-order valence-corrected chi connectivity index (χ2v) is 11.7. The molecular formula is C39H54O3. The Balaban J connectivity index is 1.44. The van der Waals surface area contributed by atoms with Crippen LogP contribution in [-0.2, 0) is 11.2 Å². The van der Waals surface area contributed by atoms with Crippen molar-refractivity contribution in [1.82, 2.24) is 0 Å². The number of para-hydroxylation sites is 1. The number of hydrogen-bond acceptors (Lipinski definition) is 3. The van der Waals surface area contributed by atoms with Crippen LogP contribution in [0.3, 0.4) is 0 Å². The van der Waals surface area contributed by atoms with Gasteiger partial charge < -0.3 is 9.47 Å². The van der Waals surface area contributed by atoms with Gasteiger partial charge in [-0.05, 0) is 66.6 Å². The Morgan fingerprint density at radius 1 is 0.619 bits per heavy atom. The Kier molecular flexibility index (Phi) is 16.1. The zero-order chi connectivity index (χ0) is 29.8. The van der Waals surface area contributed by atoms with E-state index in [0.717, 1.165) is 42.6 Å². The fourth-order valence-electron chi connectivity index (χ4n) is 5.40. The number of benzene rings is 3. The average molecular weight is 571 g/mol. The van der Waals surface area contributed by atoms with E-state index in [0.29, 0.717) is 11.3 Å². The van der Waals surface area contributed by atoms with Crippen LogP contribution in [0.2, 0.25) is 0 Å². The molecule has 0 aliphatic heterocycles. The van der Waals surface area contributed by atoms with Gasteiger partial charge in [-0.15, -0.1) is 0 Å². The highest BCUT2D eigenvalue weighted by Gasteiger charge is 2.12. The fraction of sp³-hybridized carbons (Fsp3) is 0.513. The smallest absolute Gasteiger partial charge is 0.343 e. The first kappa shape index (κ1) is 33.6. The van der Waals surface area contributed by atoms with E-state index < -0.39 is 0 Å². The molecule has 0 saturated carbocycles. The summed E-state index contributed by atoms with van der Waals surface area (Å²) in [6.07, 6.45) is 19.0. The first-order chi connectivity index (χ1) is 20.6. The van der Waals surface area contributed by atoms with Crippen LogP contribution in [0.1, 0.15) is 138 Å². The molecule has 228 valence electrons. The van der Waals surface area contributed by atoms with Gasteiger partial charge in [0.2, 0.25) is 0 Å². The Labute approximate surface area is 256 Å². The summed E-state index contributed by atoms with van der Waals surface area (Å²) in [7, 11) is 0. The third-order valence-corrected chi connectivity index (χ3v) is 8.17. The van der Waals surface area contributed by atoms with E-state index in [1.165, 1.54) is 82.6 Å². The molecule has 0 heterocycles. The summed E-state index contributed by atoms with van der Waals surface area (Å²) in [6, 6.07) is 24.2. The summed E-state index contributed by atoms with van der Waals surface area (Å²) < 4.78 is 11.9. The van der Waals surface area contributed by atoms with Gasteiger partial charge in [-0.25, -0.2) is 4.79 Å². The van der Waals surface area contributed by atoms with Crippen LogP contribution >= 0.6 is 0 Å². The summed E-state index contributed by atoms with van der Waals surface area (Å²) >= 11 is 0. The number of hydrogen-bond donors (Lipinski definition) is 0. The minimum Gasteiger partial charge on any atom is -0.423 e. The zero-order valence-electron chi connectivity index (χ0n) is 26.5. The lowest BCUT2D eigenvalue weighted by atomic mass is 10.0. The highest BCUT2D eigenvalue weighted by molar-refractivity contribution is 5.91. The van der Waals surface area contributed by atoms with Crippen molar-refractivity contribution < 1.29 is 14.3 Å². The molecule has 3 heteroatoms. The highest BCUT2D eigenvalue weighted by Crippen LogP contribution is 2.26. The van der Waals surface area contributed by atoms with Crippen molar-refractivity contribution in [3.8, 4) is 16.9 Å². The number of carbonyl (C=O) groups is 1. The van der Waals surface area contributed by atoms with Crippen LogP contribution in [0.5, 0.6) is 5.75 Å². The number of rotatable bonds is 21. The summed E-state index contributed by atoms with van der Waals surface area (Å²) in [4.78, 5) is 12.9. The molecule has 0 saturated heterocycles. The maximum atomic E-state index is 12.9. The normalized spacial score (nSPS) is 11.9. The van der Waals surface area contributed by atoms with Crippen LogP contribution in [0, 0.1) is 0 Å². The molecule has 1 atom stereocenters. The molecule has 3 aromatic rings. The van der Waals surface area contributed by atoms with E-state index in [-0.39, 0.29) is 12.1 Å². The summed E-state index contributed by atoms with van der Waals surface area (Å²) in [5.74, 6) is 0.365. The summed E-state index contributed by atoms with van der Waals surface area (Å²) in [5.41, 5.74) is 5.06. The van der Waals surface area contributed by atoms with Crippen molar-refractivity contribution in [1.29, 1.82) is 0 Å². The number of ether oxygens (including phenoxy) is 2. The predicted octanol–water partition coefficient (Wildman–Crippen LogP) is 11.7. The molecule has 0 aromatic heterocycles. The topological polar surface area (TPSA) is 35.5 Å². The van der Waals surface area contributed by atoms with Crippen molar-refractivity contribution in [2.45, 2.75) is 123 Å². The third kappa shape index (κ3) is 12.1. The van der Waals surface area contributed by atoms with Crippen LogP contribution in [0.15, 0.2) is 72.8 Å². The Morgan fingerprint density at radius 2 is 1.14 bits per heavy atom. The van der Waals surface area contributed by atoms with Crippen molar-refractivity contribution in [2.75, 3.05) is 6.61 Å². The molecule has 0 bridgehead atoms. The first-order valence-corrected chi connectivity index (χ1v) is 16.7. The second kappa shape index (κ2) is 20.1. The predicted molar refractivity (Wildman–Crippen MR) is 177 cm³/mol. The van der Waals surface area contributed by atoms with Crippen LogP contribution in [0.25, 0.3) is 11.1 Å². The van der Waals surface area contributed by atoms with Gasteiger partial charge in [-0.2, -0.15) is 0 Å². The molecule has 0 aliphatic carbocycles. The maximum absolute atomic E-state index is 12.9. The first-order valence-electron chi connectivity index (χ1n) is 16.7. The standard InChI is InChI=1S/C39H54O3/c1-4-6-8-10-12-13-15-19-31-41-32(3)33-23-25-34(26-24-33)35-27-29-37(30-28-35)39(40)42-38-22-18-17-21-36(38)20-16-14-11-9-7-5-2/h17-18,21-30,32H,4-16,19-20,31H2,1-3H3. The Morgan fingerprint density at radius 3 is 1.76 bits per heavy atom. The molecule has 0 fully saturated rings. The SMILES string of the molecule is CCCCCCCCCCOC(C)c1ccc(-c2ccc(C(=O)Oc3ccccc3CCCCCCCC)cc2)cc1. The van der Waals surface area contributed by atoms with E-state index in [9.17, 15) is 4.79 Å². The maximum Gasteiger partial charge on any atom is 0.343 e. The van der Waals surface area contributed by atoms with Crippen molar-refractivity contribution >= 4 is 5.97 Å². The zero-order valence-corrected chi connectivity index (χ0v) is 26.5. The molecular weight excluding hydrogens is 516 g/mol. The minimum absolute atomic E-state index is 0.0877. The van der Waals surface area contributed by atoms with Crippen molar-refractivity contribution in [3.63, 3.8) is 0 Å². The molecule has 42 heavy (non-hydrogen) atoms. The number of aryl methyl sites for hydroxylation is 1. The third-order valence-electron chi connectivity index (χ3n) is 8.17. The van der Waals surface area contributed by atoms with E-state index in [1.54, 1.807) is 0 Å². The highest BCUT2D eigenvalue weighted by atomic mass is 16.5. The monoisotopic (exact) mass is 570 g/mol. The van der Waals surface area contributed by atoms with Gasteiger partial charge in [0.25, 0.3) is 0 Å². The van der Waals surface area contributed by atoms with Gasteiger partial charge in [0.05, 0.1) is 11.7 Å². The number of carbonyl (C=O) groups excluding carboxylic acids is 1. The van der Waals surface area contributed by atoms with Crippen LogP contribution in [0.4, 0.5) is 0 Å². The summed E-state index contributed by atoms with van der Waals surface area (Å²) in [5, 5.41) is 0. The molecule has 0 amide bonds. The van der Waals surface area contributed by atoms with E-state index in [1.807, 2.05) is 42.5 Å². The largest absolute Gasteiger partial charge is 0.423 e. The Hall–Kier alpha value is -2.91. The van der Waals surface area contributed by atoms with Gasteiger partial charge in [0.15, 0.2) is 0 Å². The van der Waals surface area contributed by atoms with E-state index in [2.05, 4.69) is 51.1 Å². The molecule has 3 nitrogen and oxygen atoms in total. The fourth-order valence-corrected chi connectivity index (χ4v) is 5.40. The van der Waals surface area contributed by atoms with Crippen molar-refractivity contribution in [3.05, 3.63) is 89.5 Å². The van der Waals surface area contributed by atoms with Gasteiger partial charge in [0, 0.05) is 6.61 Å². The Bertz CT molecular complexity index is 1130. The molecule has 0 radical (unpaired) electrons. The van der Waals surface area contributed by atoms with Gasteiger partial charge in [0.1, 0.15) is 5.75 Å². The van der Waals surface area contributed by atoms with Crippen LogP contribution < -0.4 is 4.74 Å². The van der Waals surface area contributed by atoms with Gasteiger partial charge in [-0.3, -0.25) is 0 Å². The van der Waals surface area contributed by atoms with Gasteiger partial charge >= 0.3 is 5.97 Å². The van der Waals surface area contributed by atoms with E-state index >= 15 is 0 Å². The minimum atomic E-state index is -0.310. The van der Waals surface area contributed by atoms with Crippen molar-refractivity contribution in [2.24, 2.45) is 0 Å². The lowest BCUT2D eigenvalue weighted by Gasteiger charge is -2.14. The summed E-state index contributed by atoms with van der Waals surface area (Å²) in [6.45, 7) is 7.46. The molecule has 0 N–H and O–H groups in total. The lowest BCUT2D eigenvalue weighted by molar-refractivity contribution is 0.0627. The van der Waals surface area contributed by atoms with E-state index in [4.69, 9.17) is 9.47 Å². The van der Waals surface area contributed by atoms with Gasteiger partial charge in [-0.1, -0.05) is 145 Å². The average Bonchev–Trinajstić information content (AvgIpc) is 3.02. The molecule has 1 unspecified atom stereocenters. The number of esters is 1. The molecule has 0 aliphatic rings. The second-order valence-electron chi connectivity index (χ2n) is 11.7.